The predicted octanol–water partition coefficient (Wildman–Crippen LogP) is 3.81. The van der Waals surface area contributed by atoms with Crippen LogP contribution in [0.25, 0.3) is 0 Å². The third-order valence-electron chi connectivity index (χ3n) is 6.73. The summed E-state index contributed by atoms with van der Waals surface area (Å²) >= 11 is 0. The van der Waals surface area contributed by atoms with E-state index >= 15 is 0 Å². The van der Waals surface area contributed by atoms with E-state index in [9.17, 15) is 9.18 Å². The summed E-state index contributed by atoms with van der Waals surface area (Å²) in [5.41, 5.74) is 2.39. The number of carbonyl (C=O) groups excluding carboxylic acids is 1. The molecule has 0 atom stereocenters. The van der Waals surface area contributed by atoms with Crippen LogP contribution in [0.5, 0.6) is 5.88 Å². The molecule has 0 unspecified atom stereocenters. The molecule has 0 N–H and O–H groups in total. The van der Waals surface area contributed by atoms with Gasteiger partial charge in [-0.25, -0.2) is 9.37 Å². The van der Waals surface area contributed by atoms with Gasteiger partial charge in [0.2, 0.25) is 5.88 Å². The zero-order chi connectivity index (χ0) is 20.5. The van der Waals surface area contributed by atoms with Crippen molar-refractivity contribution in [2.24, 2.45) is 0 Å². The topological polar surface area (TPSA) is 45.7 Å². The molecule has 5 rings (SSSR count). The molecule has 30 heavy (non-hydrogen) atoms. The molecule has 5 nitrogen and oxygen atoms in total. The smallest absolute Gasteiger partial charge is 0.256 e. The van der Waals surface area contributed by atoms with Gasteiger partial charge in [-0.2, -0.15) is 0 Å². The van der Waals surface area contributed by atoms with Crippen LogP contribution in [0.15, 0.2) is 36.4 Å². The van der Waals surface area contributed by atoms with Crippen molar-refractivity contribution >= 4 is 5.91 Å². The molecule has 1 saturated carbocycles. The summed E-state index contributed by atoms with van der Waals surface area (Å²) in [6.07, 6.45) is 7.08. The molecule has 0 spiro atoms. The van der Waals surface area contributed by atoms with E-state index in [1.165, 1.54) is 31.4 Å². The van der Waals surface area contributed by atoms with Gasteiger partial charge in [-0.1, -0.05) is 18.6 Å². The van der Waals surface area contributed by atoms with Crippen LogP contribution in [0.2, 0.25) is 0 Å². The maximum atomic E-state index is 13.1. The molecule has 3 aliphatic rings. The zero-order valence-electron chi connectivity index (χ0n) is 17.2. The van der Waals surface area contributed by atoms with Crippen molar-refractivity contribution in [2.75, 3.05) is 19.6 Å². The second-order valence-corrected chi connectivity index (χ2v) is 8.68. The SMILES string of the molecule is O=C1c2ccc(OC3CCN(C4CCC4)CC3)nc2CCN1Cc1ccc(F)cc1. The second-order valence-electron chi connectivity index (χ2n) is 8.68. The van der Waals surface area contributed by atoms with Gasteiger partial charge in [0.1, 0.15) is 11.9 Å². The number of carbonyl (C=O) groups is 1. The number of amides is 1. The molecular formula is C24H28FN3O2. The van der Waals surface area contributed by atoms with Gasteiger partial charge in [0.05, 0.1) is 11.3 Å². The average molecular weight is 410 g/mol. The van der Waals surface area contributed by atoms with Gasteiger partial charge in [-0.3, -0.25) is 4.79 Å². The fourth-order valence-corrected chi connectivity index (χ4v) is 4.69. The quantitative estimate of drug-likeness (QED) is 0.753. The molecule has 6 heteroatoms. The average Bonchev–Trinajstić information content (AvgIpc) is 2.72. The van der Waals surface area contributed by atoms with Gasteiger partial charge in [-0.15, -0.1) is 0 Å². The van der Waals surface area contributed by atoms with Crippen LogP contribution in [-0.4, -0.2) is 52.5 Å². The fourth-order valence-electron chi connectivity index (χ4n) is 4.69. The molecule has 0 radical (unpaired) electrons. The minimum atomic E-state index is -0.264. The summed E-state index contributed by atoms with van der Waals surface area (Å²) in [6, 6.07) is 10.8. The van der Waals surface area contributed by atoms with Crippen molar-refractivity contribution in [3.05, 3.63) is 59.0 Å². The van der Waals surface area contributed by atoms with Gasteiger partial charge in [0, 0.05) is 44.7 Å². The number of benzene rings is 1. The summed E-state index contributed by atoms with van der Waals surface area (Å²) in [4.78, 5) is 22.0. The summed E-state index contributed by atoms with van der Waals surface area (Å²) in [7, 11) is 0. The van der Waals surface area contributed by atoms with Crippen molar-refractivity contribution in [3.8, 4) is 5.88 Å². The highest BCUT2D eigenvalue weighted by atomic mass is 19.1. The highest BCUT2D eigenvalue weighted by Gasteiger charge is 2.30. The number of hydrogen-bond donors (Lipinski definition) is 0. The van der Waals surface area contributed by atoms with Crippen LogP contribution in [0.1, 0.15) is 53.7 Å². The second kappa shape index (κ2) is 8.34. The van der Waals surface area contributed by atoms with E-state index in [0.29, 0.717) is 31.0 Å². The molecule has 2 fully saturated rings. The standard InChI is InChI=1S/C24H28FN3O2/c25-18-6-4-17(5-7-18)16-28-15-12-22-21(24(28)29)8-9-23(26-22)30-20-10-13-27(14-11-20)19-2-1-3-19/h4-9,19-20H,1-3,10-16H2. The van der Waals surface area contributed by atoms with Crippen molar-refractivity contribution in [2.45, 2.75) is 57.2 Å². The molecule has 0 bridgehead atoms. The third kappa shape index (κ3) is 4.06. The summed E-state index contributed by atoms with van der Waals surface area (Å²) < 4.78 is 19.3. The highest BCUT2D eigenvalue weighted by Crippen LogP contribution is 2.29. The predicted molar refractivity (Wildman–Crippen MR) is 112 cm³/mol. The third-order valence-corrected chi connectivity index (χ3v) is 6.73. The summed E-state index contributed by atoms with van der Waals surface area (Å²) in [5.74, 6) is 0.351. The first-order chi connectivity index (χ1) is 14.7. The van der Waals surface area contributed by atoms with Gasteiger partial charge in [0.15, 0.2) is 0 Å². The van der Waals surface area contributed by atoms with E-state index < -0.39 is 0 Å². The van der Waals surface area contributed by atoms with Crippen LogP contribution in [0, 0.1) is 5.82 Å². The number of ether oxygens (including phenoxy) is 1. The van der Waals surface area contributed by atoms with Gasteiger partial charge in [0.25, 0.3) is 5.91 Å². The van der Waals surface area contributed by atoms with E-state index in [1.54, 1.807) is 17.0 Å². The van der Waals surface area contributed by atoms with E-state index in [1.807, 2.05) is 12.1 Å². The monoisotopic (exact) mass is 409 g/mol. The number of rotatable bonds is 5. The molecule has 2 aliphatic heterocycles. The Kier molecular flexibility index (Phi) is 5.42. The van der Waals surface area contributed by atoms with Gasteiger partial charge >= 0.3 is 0 Å². The maximum Gasteiger partial charge on any atom is 0.256 e. The summed E-state index contributed by atoms with van der Waals surface area (Å²) in [6.45, 7) is 3.31. The number of likely N-dealkylation sites (tertiary alicyclic amines) is 1. The Balaban J connectivity index is 1.20. The molecule has 1 aromatic heterocycles. The molecule has 158 valence electrons. The lowest BCUT2D eigenvalue weighted by molar-refractivity contribution is 0.0473. The maximum absolute atomic E-state index is 13.1. The van der Waals surface area contributed by atoms with Crippen molar-refractivity contribution in [1.29, 1.82) is 0 Å². The lowest BCUT2D eigenvalue weighted by Gasteiger charge is -2.41. The minimum Gasteiger partial charge on any atom is -0.474 e. The van der Waals surface area contributed by atoms with Crippen LogP contribution in [0.3, 0.4) is 0 Å². The van der Waals surface area contributed by atoms with Crippen molar-refractivity contribution in [1.82, 2.24) is 14.8 Å². The van der Waals surface area contributed by atoms with Crippen LogP contribution >= 0.6 is 0 Å². The van der Waals surface area contributed by atoms with Gasteiger partial charge < -0.3 is 14.5 Å². The molecular weight excluding hydrogens is 381 g/mol. The number of piperidine rings is 1. The Bertz CT molecular complexity index is 905. The number of pyridine rings is 1. The number of aromatic nitrogens is 1. The first kappa shape index (κ1) is 19.5. The van der Waals surface area contributed by atoms with E-state index in [2.05, 4.69) is 9.88 Å². The zero-order valence-corrected chi connectivity index (χ0v) is 17.2. The van der Waals surface area contributed by atoms with Crippen molar-refractivity contribution < 1.29 is 13.9 Å². The van der Waals surface area contributed by atoms with Gasteiger partial charge in [-0.05, 0) is 49.4 Å². The minimum absolute atomic E-state index is 0.0200. The fraction of sp³-hybridized carbons (Fsp3) is 0.500. The molecule has 2 aromatic rings. The first-order valence-corrected chi connectivity index (χ1v) is 11.1. The van der Waals surface area contributed by atoms with Crippen molar-refractivity contribution in [3.63, 3.8) is 0 Å². The Labute approximate surface area is 176 Å². The van der Waals surface area contributed by atoms with Crippen LogP contribution in [0.4, 0.5) is 4.39 Å². The summed E-state index contributed by atoms with van der Waals surface area (Å²) in [5, 5.41) is 0. The lowest BCUT2D eigenvalue weighted by atomic mass is 9.90. The molecule has 1 amide bonds. The molecule has 1 aromatic carbocycles. The van der Waals surface area contributed by atoms with E-state index in [-0.39, 0.29) is 17.8 Å². The normalized spacial score (nSPS) is 20.7. The number of hydrogen-bond acceptors (Lipinski definition) is 4. The van der Waals surface area contributed by atoms with Crippen LogP contribution in [-0.2, 0) is 13.0 Å². The Morgan fingerprint density at radius 2 is 1.77 bits per heavy atom. The molecule has 3 heterocycles. The van der Waals surface area contributed by atoms with E-state index in [4.69, 9.17) is 4.74 Å². The number of fused-ring (bicyclic) bond motifs is 1. The molecule has 1 saturated heterocycles. The highest BCUT2D eigenvalue weighted by molar-refractivity contribution is 5.96. The Morgan fingerprint density at radius 3 is 2.47 bits per heavy atom. The van der Waals surface area contributed by atoms with E-state index in [0.717, 1.165) is 43.2 Å². The lowest BCUT2D eigenvalue weighted by Crippen LogP contribution is -2.46. The Morgan fingerprint density at radius 1 is 1.00 bits per heavy atom. The number of nitrogens with zero attached hydrogens (tertiary/aromatic N) is 3. The first-order valence-electron chi connectivity index (χ1n) is 11.1. The molecule has 1 aliphatic carbocycles. The number of halogens is 1. The van der Waals surface area contributed by atoms with Crippen LogP contribution < -0.4 is 4.74 Å². The Hall–Kier alpha value is -2.47. The largest absolute Gasteiger partial charge is 0.474 e.